The maximum Gasteiger partial charge on any atom is 0.0975 e. The van der Waals surface area contributed by atoms with Crippen LogP contribution >= 0.6 is 11.6 Å². The lowest BCUT2D eigenvalue weighted by atomic mass is 9.60. The summed E-state index contributed by atoms with van der Waals surface area (Å²) in [6, 6.07) is 0. The van der Waals surface area contributed by atoms with E-state index in [0.29, 0.717) is 29.2 Å². The Morgan fingerprint density at radius 2 is 1.97 bits per heavy atom. The van der Waals surface area contributed by atoms with Crippen LogP contribution < -0.4 is 0 Å². The number of allylic oxidation sites excluding steroid dienone is 3. The van der Waals surface area contributed by atoms with Gasteiger partial charge in [-0.25, -0.2) is 0 Å². The molecule has 3 rings (SSSR count). The minimum Gasteiger partial charge on any atom is -0.391 e. The lowest BCUT2D eigenvalue weighted by molar-refractivity contribution is 0.0596. The van der Waals surface area contributed by atoms with Crippen LogP contribution in [0.15, 0.2) is 35.5 Å². The predicted octanol–water partition coefficient (Wildman–Crippen LogP) is 5.92. The van der Waals surface area contributed by atoms with E-state index in [1.807, 2.05) is 13.8 Å². The Labute approximate surface area is 194 Å². The monoisotopic (exact) mass is 450 g/mol. The van der Waals surface area contributed by atoms with Crippen molar-refractivity contribution in [1.82, 2.24) is 0 Å². The second kappa shape index (κ2) is 9.71. The smallest absolute Gasteiger partial charge is 0.0975 e. The number of fused-ring (bicyclic) bond motifs is 1. The third kappa shape index (κ3) is 5.49. The van der Waals surface area contributed by atoms with Gasteiger partial charge in [0.05, 0.1) is 23.2 Å². The average molecular weight is 451 g/mol. The van der Waals surface area contributed by atoms with Crippen LogP contribution in [-0.4, -0.2) is 38.5 Å². The highest BCUT2D eigenvalue weighted by molar-refractivity contribution is 6.21. The number of aliphatic hydroxyl groups is 3. The first-order valence-electron chi connectivity index (χ1n) is 12.3. The van der Waals surface area contributed by atoms with Gasteiger partial charge in [0.2, 0.25) is 0 Å². The van der Waals surface area contributed by atoms with E-state index in [1.165, 1.54) is 37.7 Å². The molecule has 176 valence electrons. The number of hydrogen-bond acceptors (Lipinski definition) is 3. The van der Waals surface area contributed by atoms with Crippen molar-refractivity contribution in [3.8, 4) is 0 Å². The van der Waals surface area contributed by atoms with Crippen LogP contribution in [0, 0.1) is 23.2 Å². The Balaban J connectivity index is 1.71. The van der Waals surface area contributed by atoms with Crippen LogP contribution in [-0.2, 0) is 0 Å². The molecule has 7 atom stereocenters. The standard InChI is InChI=1S/C27H43ClO3/c1-17(8-6-14-26(3,4)31)21-12-13-22-19(9-7-15-27(21,22)5)10-11-20-16-23(29)24(28)25(30)18(20)2/h10-11,17,21-25,29-31H,2,6-9,12-16H2,1,3-5H3/b19-10+,20-11-/t17-,21-,22+,23-,24?,25+,27-/m1/s1. The minimum absolute atomic E-state index is 0.348. The van der Waals surface area contributed by atoms with Crippen LogP contribution in [0.1, 0.15) is 85.5 Å². The van der Waals surface area contributed by atoms with Crippen LogP contribution in [0.5, 0.6) is 0 Å². The van der Waals surface area contributed by atoms with Crippen molar-refractivity contribution in [3.63, 3.8) is 0 Å². The molecule has 0 amide bonds. The average Bonchev–Trinajstić information content (AvgIpc) is 3.04. The number of aliphatic hydroxyl groups excluding tert-OH is 2. The predicted molar refractivity (Wildman–Crippen MR) is 129 cm³/mol. The van der Waals surface area contributed by atoms with Gasteiger partial charge in [-0.15, -0.1) is 11.6 Å². The van der Waals surface area contributed by atoms with E-state index in [1.54, 1.807) is 0 Å². The highest BCUT2D eigenvalue weighted by atomic mass is 35.5. The van der Waals surface area contributed by atoms with E-state index >= 15 is 0 Å². The van der Waals surface area contributed by atoms with Crippen molar-refractivity contribution in [3.05, 3.63) is 35.5 Å². The molecule has 31 heavy (non-hydrogen) atoms. The molecule has 3 fully saturated rings. The Bertz CT molecular complexity index is 718. The van der Waals surface area contributed by atoms with Gasteiger partial charge in [0, 0.05) is 6.42 Å². The summed E-state index contributed by atoms with van der Waals surface area (Å²) in [6.45, 7) is 12.8. The van der Waals surface area contributed by atoms with Crippen molar-refractivity contribution < 1.29 is 15.3 Å². The summed E-state index contributed by atoms with van der Waals surface area (Å²) in [6.07, 6.45) is 12.5. The van der Waals surface area contributed by atoms with Crippen molar-refractivity contribution in [2.45, 2.75) is 109 Å². The molecule has 0 bridgehead atoms. The summed E-state index contributed by atoms with van der Waals surface area (Å²) in [4.78, 5) is 0. The largest absolute Gasteiger partial charge is 0.391 e. The molecule has 0 aromatic carbocycles. The summed E-state index contributed by atoms with van der Waals surface area (Å²) in [7, 11) is 0. The molecule has 3 aliphatic rings. The van der Waals surface area contributed by atoms with Gasteiger partial charge in [0.25, 0.3) is 0 Å². The van der Waals surface area contributed by atoms with Crippen LogP contribution in [0.4, 0.5) is 0 Å². The first-order valence-corrected chi connectivity index (χ1v) is 12.7. The lowest BCUT2D eigenvalue weighted by Crippen LogP contribution is -2.39. The Kier molecular flexibility index (Phi) is 7.84. The molecule has 0 aromatic rings. The third-order valence-corrected chi connectivity index (χ3v) is 9.07. The zero-order valence-electron chi connectivity index (χ0n) is 19.9. The number of hydrogen-bond donors (Lipinski definition) is 3. The van der Waals surface area contributed by atoms with Gasteiger partial charge in [0.1, 0.15) is 0 Å². The first-order chi connectivity index (χ1) is 14.4. The van der Waals surface area contributed by atoms with Crippen molar-refractivity contribution in [2.75, 3.05) is 0 Å². The molecule has 3 saturated carbocycles. The Morgan fingerprint density at radius 3 is 2.65 bits per heavy atom. The lowest BCUT2D eigenvalue weighted by Gasteiger charge is -2.44. The van der Waals surface area contributed by atoms with E-state index < -0.39 is 23.2 Å². The van der Waals surface area contributed by atoms with Crippen LogP contribution in [0.2, 0.25) is 0 Å². The second-order valence-corrected chi connectivity index (χ2v) is 11.9. The number of rotatable bonds is 6. The van der Waals surface area contributed by atoms with E-state index in [9.17, 15) is 15.3 Å². The highest BCUT2D eigenvalue weighted by Crippen LogP contribution is 2.60. The fourth-order valence-electron chi connectivity index (χ4n) is 6.72. The summed E-state index contributed by atoms with van der Waals surface area (Å²) in [5, 5.41) is 29.8. The van der Waals surface area contributed by atoms with Crippen molar-refractivity contribution >= 4 is 11.6 Å². The maximum atomic E-state index is 10.3. The van der Waals surface area contributed by atoms with E-state index in [0.717, 1.165) is 30.8 Å². The van der Waals surface area contributed by atoms with E-state index in [-0.39, 0.29) is 0 Å². The molecule has 4 heteroatoms. The Hall–Kier alpha value is -0.610. The second-order valence-electron chi connectivity index (χ2n) is 11.4. The van der Waals surface area contributed by atoms with Crippen molar-refractivity contribution in [1.29, 1.82) is 0 Å². The molecule has 0 aliphatic heterocycles. The molecule has 3 aliphatic carbocycles. The fourth-order valence-corrected chi connectivity index (χ4v) is 6.96. The molecular formula is C27H43ClO3. The van der Waals surface area contributed by atoms with Gasteiger partial charge < -0.3 is 15.3 Å². The fraction of sp³-hybridized carbons (Fsp3) is 0.778. The topological polar surface area (TPSA) is 60.7 Å². The quantitative estimate of drug-likeness (QED) is 0.440. The molecule has 0 aromatic heterocycles. The van der Waals surface area contributed by atoms with E-state index in [2.05, 4.69) is 32.6 Å². The van der Waals surface area contributed by atoms with Gasteiger partial charge in [0.15, 0.2) is 0 Å². The van der Waals surface area contributed by atoms with Crippen molar-refractivity contribution in [2.24, 2.45) is 23.2 Å². The van der Waals surface area contributed by atoms with Crippen LogP contribution in [0.3, 0.4) is 0 Å². The zero-order valence-corrected chi connectivity index (χ0v) is 20.7. The summed E-state index contributed by atoms with van der Waals surface area (Å²) >= 11 is 6.11. The van der Waals surface area contributed by atoms with Gasteiger partial charge in [-0.2, -0.15) is 0 Å². The molecule has 3 nitrogen and oxygen atoms in total. The van der Waals surface area contributed by atoms with Gasteiger partial charge in [-0.1, -0.05) is 51.0 Å². The molecule has 1 unspecified atom stereocenters. The molecule has 0 spiro atoms. The van der Waals surface area contributed by atoms with Gasteiger partial charge >= 0.3 is 0 Å². The third-order valence-electron chi connectivity index (χ3n) is 8.54. The normalized spacial score (nSPS) is 40.4. The highest BCUT2D eigenvalue weighted by Gasteiger charge is 2.50. The maximum absolute atomic E-state index is 10.3. The van der Waals surface area contributed by atoms with E-state index in [4.69, 9.17) is 11.6 Å². The zero-order chi connectivity index (χ0) is 23.0. The first kappa shape index (κ1) is 25.0. The van der Waals surface area contributed by atoms with Gasteiger partial charge in [-0.3, -0.25) is 0 Å². The van der Waals surface area contributed by atoms with Gasteiger partial charge in [-0.05, 0) is 86.7 Å². The Morgan fingerprint density at radius 1 is 1.26 bits per heavy atom. The number of alkyl halides is 1. The summed E-state index contributed by atoms with van der Waals surface area (Å²) < 4.78 is 0. The summed E-state index contributed by atoms with van der Waals surface area (Å²) in [5.74, 6) is 2.03. The minimum atomic E-state index is -0.882. The molecule has 3 N–H and O–H groups in total. The number of halogens is 1. The molecule has 0 heterocycles. The molecule has 0 radical (unpaired) electrons. The summed E-state index contributed by atoms with van der Waals surface area (Å²) in [5.41, 5.74) is 2.87. The molecule has 0 saturated heterocycles. The van der Waals surface area contributed by atoms with Crippen LogP contribution in [0.25, 0.3) is 0 Å². The molecular weight excluding hydrogens is 408 g/mol. The SMILES string of the molecule is C=C1/C(=C\C=C2/CCC[C@]3(C)[C@@H]([C@H](C)CCCC(C)(C)O)CC[C@@H]23)C[C@@H](O)C(Cl)[C@H]1O.